The average molecular weight is 243 g/mol. The molecular formula is C10H17N3O2S. The van der Waals surface area contributed by atoms with E-state index >= 15 is 0 Å². The molecule has 6 heteroatoms. The molecule has 0 saturated carbocycles. The minimum Gasteiger partial charge on any atom is -0.384 e. The number of rotatable bonds is 5. The Kier molecular flexibility index (Phi) is 4.26. The Morgan fingerprint density at radius 3 is 2.69 bits per heavy atom. The number of nitrogens with zero attached hydrogens (tertiary/aromatic N) is 2. The van der Waals surface area contributed by atoms with Gasteiger partial charge in [0.2, 0.25) is 0 Å². The molecule has 0 saturated heterocycles. The van der Waals surface area contributed by atoms with E-state index in [1.165, 1.54) is 6.26 Å². The summed E-state index contributed by atoms with van der Waals surface area (Å²) in [4.78, 5) is 6.05. The van der Waals surface area contributed by atoms with Crippen LogP contribution in [0.3, 0.4) is 0 Å². The van der Waals surface area contributed by atoms with Crippen LogP contribution in [0.15, 0.2) is 18.2 Å². The Morgan fingerprint density at radius 2 is 2.12 bits per heavy atom. The van der Waals surface area contributed by atoms with E-state index in [0.717, 1.165) is 5.69 Å². The third-order valence-electron chi connectivity index (χ3n) is 2.10. The number of nitrogens with two attached hydrogens (primary N) is 1. The molecule has 0 radical (unpaired) electrons. The zero-order chi connectivity index (χ0) is 12.2. The van der Waals surface area contributed by atoms with Crippen LogP contribution in [-0.2, 0) is 16.4 Å². The monoisotopic (exact) mass is 243 g/mol. The first-order valence-electron chi connectivity index (χ1n) is 4.94. The van der Waals surface area contributed by atoms with Gasteiger partial charge in [-0.2, -0.15) is 0 Å². The molecule has 1 rings (SSSR count). The molecular weight excluding hydrogens is 226 g/mol. The molecule has 2 N–H and O–H groups in total. The van der Waals surface area contributed by atoms with E-state index < -0.39 is 9.84 Å². The smallest absolute Gasteiger partial charge is 0.148 e. The zero-order valence-corrected chi connectivity index (χ0v) is 10.4. The molecule has 0 aliphatic carbocycles. The summed E-state index contributed by atoms with van der Waals surface area (Å²) in [5.41, 5.74) is 6.40. The van der Waals surface area contributed by atoms with Gasteiger partial charge in [-0.3, -0.25) is 4.90 Å². The fourth-order valence-electron chi connectivity index (χ4n) is 1.26. The maximum Gasteiger partial charge on any atom is 0.148 e. The summed E-state index contributed by atoms with van der Waals surface area (Å²) in [6, 6.07) is 5.43. The van der Waals surface area contributed by atoms with Gasteiger partial charge >= 0.3 is 0 Å². The highest BCUT2D eigenvalue weighted by atomic mass is 32.2. The largest absolute Gasteiger partial charge is 0.384 e. The van der Waals surface area contributed by atoms with E-state index in [2.05, 4.69) is 4.98 Å². The van der Waals surface area contributed by atoms with Gasteiger partial charge in [0, 0.05) is 19.3 Å². The molecule has 0 amide bonds. The second-order valence-electron chi connectivity index (χ2n) is 3.92. The van der Waals surface area contributed by atoms with Crippen LogP contribution in [0.1, 0.15) is 5.69 Å². The first-order valence-corrected chi connectivity index (χ1v) is 7.00. The lowest BCUT2D eigenvalue weighted by molar-refractivity contribution is 0.342. The molecule has 5 nitrogen and oxygen atoms in total. The SMILES string of the molecule is CN(CCS(C)(=O)=O)Cc1cccc(N)n1. The molecule has 0 aliphatic heterocycles. The van der Waals surface area contributed by atoms with Gasteiger partial charge in [-0.1, -0.05) is 6.07 Å². The third kappa shape index (κ3) is 5.09. The van der Waals surface area contributed by atoms with Crippen LogP contribution in [0.2, 0.25) is 0 Å². The lowest BCUT2D eigenvalue weighted by atomic mass is 10.3. The number of sulfone groups is 1. The van der Waals surface area contributed by atoms with Crippen LogP contribution in [0.5, 0.6) is 0 Å². The van der Waals surface area contributed by atoms with Crippen molar-refractivity contribution in [3.63, 3.8) is 0 Å². The predicted octanol–water partition coefficient (Wildman–Crippen LogP) is 0.140. The molecule has 0 spiro atoms. The fourth-order valence-corrected chi connectivity index (χ4v) is 1.91. The van der Waals surface area contributed by atoms with Crippen LogP contribution < -0.4 is 5.73 Å². The van der Waals surface area contributed by atoms with Gasteiger partial charge in [0.1, 0.15) is 15.7 Å². The molecule has 16 heavy (non-hydrogen) atoms. The first kappa shape index (κ1) is 12.9. The molecule has 1 aromatic rings. The number of nitrogen functional groups attached to an aromatic ring is 1. The van der Waals surface area contributed by atoms with Crippen molar-refractivity contribution in [2.75, 3.05) is 31.3 Å². The molecule has 0 aliphatic rings. The van der Waals surface area contributed by atoms with Crippen molar-refractivity contribution >= 4 is 15.7 Å². The molecule has 0 unspecified atom stereocenters. The van der Waals surface area contributed by atoms with Gasteiger partial charge < -0.3 is 5.73 Å². The highest BCUT2D eigenvalue weighted by Crippen LogP contribution is 2.03. The highest BCUT2D eigenvalue weighted by Gasteiger charge is 2.06. The molecule has 90 valence electrons. The van der Waals surface area contributed by atoms with Crippen LogP contribution in [0.25, 0.3) is 0 Å². The van der Waals surface area contributed by atoms with E-state index in [-0.39, 0.29) is 5.75 Å². The van der Waals surface area contributed by atoms with Crippen molar-refractivity contribution in [2.24, 2.45) is 0 Å². The topological polar surface area (TPSA) is 76.3 Å². The van der Waals surface area contributed by atoms with Gasteiger partial charge in [0.25, 0.3) is 0 Å². The second-order valence-corrected chi connectivity index (χ2v) is 6.18. The van der Waals surface area contributed by atoms with Gasteiger partial charge in [0.05, 0.1) is 11.4 Å². The molecule has 1 heterocycles. The lowest BCUT2D eigenvalue weighted by Gasteiger charge is -2.15. The van der Waals surface area contributed by atoms with E-state index in [9.17, 15) is 8.42 Å². The summed E-state index contributed by atoms with van der Waals surface area (Å²) >= 11 is 0. The number of hydrogen-bond acceptors (Lipinski definition) is 5. The highest BCUT2D eigenvalue weighted by molar-refractivity contribution is 7.90. The number of anilines is 1. The van der Waals surface area contributed by atoms with Crippen molar-refractivity contribution in [3.05, 3.63) is 23.9 Å². The zero-order valence-electron chi connectivity index (χ0n) is 9.55. The maximum atomic E-state index is 11.0. The van der Waals surface area contributed by atoms with Crippen molar-refractivity contribution < 1.29 is 8.42 Å². The van der Waals surface area contributed by atoms with E-state index in [1.807, 2.05) is 24.1 Å². The Morgan fingerprint density at radius 1 is 1.44 bits per heavy atom. The predicted molar refractivity (Wildman–Crippen MR) is 64.7 cm³/mol. The Labute approximate surface area is 96.2 Å². The second kappa shape index (κ2) is 5.27. The minimum absolute atomic E-state index is 0.159. The Bertz CT molecular complexity index is 445. The molecule has 0 fully saturated rings. The van der Waals surface area contributed by atoms with E-state index in [0.29, 0.717) is 18.9 Å². The van der Waals surface area contributed by atoms with Crippen molar-refractivity contribution in [2.45, 2.75) is 6.54 Å². The fraction of sp³-hybridized carbons (Fsp3) is 0.500. The number of pyridine rings is 1. The van der Waals surface area contributed by atoms with Gasteiger partial charge in [-0.05, 0) is 19.2 Å². The summed E-state index contributed by atoms with van der Waals surface area (Å²) < 4.78 is 22.0. The van der Waals surface area contributed by atoms with E-state index in [1.54, 1.807) is 6.07 Å². The van der Waals surface area contributed by atoms with Crippen LogP contribution >= 0.6 is 0 Å². The van der Waals surface area contributed by atoms with Crippen molar-refractivity contribution in [1.82, 2.24) is 9.88 Å². The first-order chi connectivity index (χ1) is 7.37. The minimum atomic E-state index is -2.91. The summed E-state index contributed by atoms with van der Waals surface area (Å²) in [6.45, 7) is 1.09. The maximum absolute atomic E-state index is 11.0. The Balaban J connectivity index is 2.49. The van der Waals surface area contributed by atoms with Crippen molar-refractivity contribution in [1.29, 1.82) is 0 Å². The summed E-state index contributed by atoms with van der Waals surface area (Å²) in [6.07, 6.45) is 1.24. The van der Waals surface area contributed by atoms with Crippen LogP contribution in [0, 0.1) is 0 Å². The summed E-state index contributed by atoms with van der Waals surface area (Å²) in [5.74, 6) is 0.639. The number of hydrogen-bond donors (Lipinski definition) is 1. The lowest BCUT2D eigenvalue weighted by Crippen LogP contribution is -2.25. The third-order valence-corrected chi connectivity index (χ3v) is 3.03. The number of aromatic nitrogens is 1. The van der Waals surface area contributed by atoms with E-state index in [4.69, 9.17) is 5.73 Å². The van der Waals surface area contributed by atoms with Crippen LogP contribution in [-0.4, -0.2) is 43.9 Å². The summed E-state index contributed by atoms with van der Waals surface area (Å²) in [5, 5.41) is 0. The molecule has 0 atom stereocenters. The summed E-state index contributed by atoms with van der Waals surface area (Å²) in [7, 11) is -1.05. The quantitative estimate of drug-likeness (QED) is 0.796. The average Bonchev–Trinajstić information content (AvgIpc) is 2.14. The molecule has 0 bridgehead atoms. The van der Waals surface area contributed by atoms with Crippen molar-refractivity contribution in [3.8, 4) is 0 Å². The van der Waals surface area contributed by atoms with Gasteiger partial charge in [-0.15, -0.1) is 0 Å². The normalized spacial score (nSPS) is 11.9. The molecule has 0 aromatic carbocycles. The van der Waals surface area contributed by atoms with Gasteiger partial charge in [-0.25, -0.2) is 13.4 Å². The standard InChI is InChI=1S/C10H17N3O2S/c1-13(6-7-16(2,14)15)8-9-4-3-5-10(11)12-9/h3-5H,6-8H2,1-2H3,(H2,11,12). The Hall–Kier alpha value is -1.14. The van der Waals surface area contributed by atoms with Crippen LogP contribution in [0.4, 0.5) is 5.82 Å². The van der Waals surface area contributed by atoms with Gasteiger partial charge in [0.15, 0.2) is 0 Å². The molecule has 1 aromatic heterocycles.